The summed E-state index contributed by atoms with van der Waals surface area (Å²) in [5, 5.41) is 0. The number of carbonyl (C=O) groups is 1. The lowest BCUT2D eigenvalue weighted by atomic mass is 10.1. The van der Waals surface area contributed by atoms with Gasteiger partial charge in [-0.1, -0.05) is 23.8 Å². The number of hydrogen-bond donors (Lipinski definition) is 0. The van der Waals surface area contributed by atoms with Gasteiger partial charge < -0.3 is 9.64 Å². The molecule has 2 heterocycles. The Morgan fingerprint density at radius 3 is 2.80 bits per heavy atom. The molecule has 1 amide bonds. The van der Waals surface area contributed by atoms with Gasteiger partial charge in [-0.3, -0.25) is 4.79 Å². The molecule has 1 fully saturated rings. The Balaban J connectivity index is 1.56. The summed E-state index contributed by atoms with van der Waals surface area (Å²) in [6.45, 7) is 3.21. The maximum absolute atomic E-state index is 12.2. The zero-order chi connectivity index (χ0) is 13.9. The van der Waals surface area contributed by atoms with E-state index >= 15 is 0 Å². The van der Waals surface area contributed by atoms with E-state index in [-0.39, 0.29) is 12.0 Å². The third kappa shape index (κ3) is 2.64. The number of nitrogens with zero attached hydrogens (tertiary/aromatic N) is 2. The summed E-state index contributed by atoms with van der Waals surface area (Å²) in [5.41, 5.74) is 1.83. The molecule has 0 unspecified atom stereocenters. The molecule has 0 atom stereocenters. The second-order valence-corrected chi connectivity index (χ2v) is 4.99. The van der Waals surface area contributed by atoms with Crippen LogP contribution in [0.25, 0.3) is 0 Å². The lowest BCUT2D eigenvalue weighted by molar-refractivity contribution is 0.0160. The molecule has 0 radical (unpaired) electrons. The Labute approximate surface area is 118 Å². The second-order valence-electron chi connectivity index (χ2n) is 4.99. The van der Waals surface area contributed by atoms with Crippen LogP contribution in [0.5, 0.6) is 5.88 Å². The Bertz CT molecular complexity index is 607. The Kier molecular flexibility index (Phi) is 3.37. The highest BCUT2D eigenvalue weighted by molar-refractivity contribution is 5.95. The van der Waals surface area contributed by atoms with Gasteiger partial charge in [-0.15, -0.1) is 0 Å². The van der Waals surface area contributed by atoms with Crippen LogP contribution in [0.2, 0.25) is 0 Å². The smallest absolute Gasteiger partial charge is 0.254 e. The summed E-state index contributed by atoms with van der Waals surface area (Å²) in [6, 6.07) is 13.2. The van der Waals surface area contributed by atoms with Crippen molar-refractivity contribution in [2.24, 2.45) is 0 Å². The molecule has 2 aromatic rings. The van der Waals surface area contributed by atoms with Crippen molar-refractivity contribution in [3.05, 3.63) is 59.8 Å². The molecule has 3 rings (SSSR count). The van der Waals surface area contributed by atoms with Crippen molar-refractivity contribution in [3.8, 4) is 5.88 Å². The molecule has 0 bridgehead atoms. The van der Waals surface area contributed by atoms with Crippen LogP contribution in [-0.2, 0) is 0 Å². The van der Waals surface area contributed by atoms with Gasteiger partial charge in [-0.05, 0) is 25.1 Å². The quantitative estimate of drug-likeness (QED) is 0.857. The van der Waals surface area contributed by atoms with E-state index in [1.165, 1.54) is 0 Å². The number of rotatable bonds is 3. The third-order valence-electron chi connectivity index (χ3n) is 3.33. The van der Waals surface area contributed by atoms with Gasteiger partial charge in [-0.2, -0.15) is 0 Å². The molecule has 4 heteroatoms. The molecule has 0 N–H and O–H groups in total. The van der Waals surface area contributed by atoms with Gasteiger partial charge in [0, 0.05) is 17.8 Å². The molecule has 1 aliphatic rings. The summed E-state index contributed by atoms with van der Waals surface area (Å²) < 4.78 is 5.69. The highest BCUT2D eigenvalue weighted by Crippen LogP contribution is 2.18. The number of benzene rings is 1. The number of carbonyl (C=O) groups excluding carboxylic acids is 1. The first-order chi connectivity index (χ1) is 9.72. The van der Waals surface area contributed by atoms with Crippen LogP contribution in [0.1, 0.15) is 15.9 Å². The van der Waals surface area contributed by atoms with Crippen molar-refractivity contribution in [2.75, 3.05) is 13.1 Å². The maximum Gasteiger partial charge on any atom is 0.254 e. The van der Waals surface area contributed by atoms with E-state index in [0.717, 1.165) is 11.1 Å². The van der Waals surface area contributed by atoms with Crippen molar-refractivity contribution >= 4 is 5.91 Å². The molecule has 1 aromatic heterocycles. The summed E-state index contributed by atoms with van der Waals surface area (Å²) in [7, 11) is 0. The van der Waals surface area contributed by atoms with Crippen LogP contribution < -0.4 is 4.74 Å². The topological polar surface area (TPSA) is 42.4 Å². The van der Waals surface area contributed by atoms with Crippen LogP contribution in [0, 0.1) is 6.92 Å². The van der Waals surface area contributed by atoms with E-state index in [1.807, 2.05) is 49.4 Å². The number of aromatic nitrogens is 1. The zero-order valence-electron chi connectivity index (χ0n) is 11.3. The van der Waals surface area contributed by atoms with Crippen molar-refractivity contribution in [1.29, 1.82) is 0 Å². The molecule has 1 aromatic carbocycles. The van der Waals surface area contributed by atoms with Gasteiger partial charge in [0.05, 0.1) is 13.1 Å². The fourth-order valence-corrected chi connectivity index (χ4v) is 2.23. The minimum Gasteiger partial charge on any atom is -0.471 e. The first-order valence-electron chi connectivity index (χ1n) is 6.66. The summed E-state index contributed by atoms with van der Waals surface area (Å²) >= 11 is 0. The highest BCUT2D eigenvalue weighted by atomic mass is 16.5. The highest BCUT2D eigenvalue weighted by Gasteiger charge is 2.32. The summed E-state index contributed by atoms with van der Waals surface area (Å²) in [6.07, 6.45) is 1.74. The molecule has 0 aliphatic carbocycles. The Morgan fingerprint density at radius 2 is 2.10 bits per heavy atom. The molecule has 102 valence electrons. The van der Waals surface area contributed by atoms with Gasteiger partial charge in [0.1, 0.15) is 6.10 Å². The molecule has 0 saturated carbocycles. The maximum atomic E-state index is 12.2. The van der Waals surface area contributed by atoms with Gasteiger partial charge in [0.15, 0.2) is 0 Å². The second kappa shape index (κ2) is 5.33. The fraction of sp³-hybridized carbons (Fsp3) is 0.250. The monoisotopic (exact) mass is 268 g/mol. The van der Waals surface area contributed by atoms with Crippen molar-refractivity contribution in [1.82, 2.24) is 9.88 Å². The predicted octanol–water partition coefficient (Wildman–Crippen LogP) is 2.29. The predicted molar refractivity (Wildman–Crippen MR) is 75.7 cm³/mol. The minimum absolute atomic E-state index is 0.0404. The Hall–Kier alpha value is -2.36. The standard InChI is InChI=1S/C16H16N2O2/c1-12-5-4-6-13(9-12)16(19)18-10-14(11-18)20-15-7-2-3-8-17-15/h2-9,14H,10-11H2,1H3. The largest absolute Gasteiger partial charge is 0.471 e. The molecule has 1 aliphatic heterocycles. The number of amides is 1. The summed E-state index contributed by atoms with van der Waals surface area (Å²) in [5.74, 6) is 0.676. The van der Waals surface area contributed by atoms with Gasteiger partial charge >= 0.3 is 0 Å². The van der Waals surface area contributed by atoms with Crippen molar-refractivity contribution in [2.45, 2.75) is 13.0 Å². The summed E-state index contributed by atoms with van der Waals surface area (Å²) in [4.78, 5) is 18.1. The van der Waals surface area contributed by atoms with E-state index in [2.05, 4.69) is 4.98 Å². The number of likely N-dealkylation sites (tertiary alicyclic amines) is 1. The molecular formula is C16H16N2O2. The zero-order valence-corrected chi connectivity index (χ0v) is 11.3. The minimum atomic E-state index is 0.0404. The molecule has 4 nitrogen and oxygen atoms in total. The first kappa shape index (κ1) is 12.7. The van der Waals surface area contributed by atoms with Gasteiger partial charge in [-0.25, -0.2) is 4.98 Å². The van der Waals surface area contributed by atoms with E-state index < -0.39 is 0 Å². The number of ether oxygens (including phenoxy) is 1. The lowest BCUT2D eigenvalue weighted by Crippen LogP contribution is -2.56. The van der Waals surface area contributed by atoms with Crippen LogP contribution in [0.15, 0.2) is 48.7 Å². The average molecular weight is 268 g/mol. The van der Waals surface area contributed by atoms with Crippen LogP contribution in [-0.4, -0.2) is 35.0 Å². The first-order valence-corrected chi connectivity index (χ1v) is 6.66. The van der Waals surface area contributed by atoms with Gasteiger partial charge in [0.25, 0.3) is 5.91 Å². The number of aryl methyl sites for hydroxylation is 1. The molecule has 0 spiro atoms. The van der Waals surface area contributed by atoms with E-state index in [4.69, 9.17) is 4.74 Å². The van der Waals surface area contributed by atoms with Gasteiger partial charge in [0.2, 0.25) is 5.88 Å². The third-order valence-corrected chi connectivity index (χ3v) is 3.33. The van der Waals surface area contributed by atoms with Crippen molar-refractivity contribution in [3.63, 3.8) is 0 Å². The SMILES string of the molecule is Cc1cccc(C(=O)N2CC(Oc3ccccn3)C2)c1. The normalized spacial score (nSPS) is 14.8. The van der Waals surface area contributed by atoms with Crippen LogP contribution >= 0.6 is 0 Å². The Morgan fingerprint density at radius 1 is 1.25 bits per heavy atom. The van der Waals surface area contributed by atoms with E-state index in [1.54, 1.807) is 11.1 Å². The lowest BCUT2D eigenvalue weighted by Gasteiger charge is -2.38. The fourth-order valence-electron chi connectivity index (χ4n) is 2.23. The van der Waals surface area contributed by atoms with Crippen LogP contribution in [0.3, 0.4) is 0 Å². The molecule has 1 saturated heterocycles. The number of pyridine rings is 1. The van der Waals surface area contributed by atoms with Crippen LogP contribution in [0.4, 0.5) is 0 Å². The van der Waals surface area contributed by atoms with E-state index in [9.17, 15) is 4.79 Å². The molecular weight excluding hydrogens is 252 g/mol. The van der Waals surface area contributed by atoms with E-state index in [0.29, 0.717) is 19.0 Å². The number of hydrogen-bond acceptors (Lipinski definition) is 3. The molecule has 20 heavy (non-hydrogen) atoms. The van der Waals surface area contributed by atoms with Crippen molar-refractivity contribution < 1.29 is 9.53 Å². The average Bonchev–Trinajstić information content (AvgIpc) is 2.43.